The molecule has 0 bridgehead atoms. The Morgan fingerprint density at radius 1 is 1.00 bits per heavy atom. The number of aryl methyl sites for hydroxylation is 2. The molecule has 1 aromatic carbocycles. The SMILES string of the molecule is Cc1cc(C)nc(Sc2ccc(NC(=O)c3cn4ccccc4n3)cc2)n1. The van der Waals surface area contributed by atoms with Gasteiger partial charge in [-0.3, -0.25) is 4.79 Å². The van der Waals surface area contributed by atoms with Crippen molar-refractivity contribution in [2.45, 2.75) is 23.9 Å². The lowest BCUT2D eigenvalue weighted by atomic mass is 10.3. The van der Waals surface area contributed by atoms with Gasteiger partial charge in [-0.1, -0.05) is 6.07 Å². The lowest BCUT2D eigenvalue weighted by molar-refractivity contribution is 0.102. The number of hydrogen-bond acceptors (Lipinski definition) is 5. The summed E-state index contributed by atoms with van der Waals surface area (Å²) in [5.41, 5.74) is 3.72. The van der Waals surface area contributed by atoms with Crippen LogP contribution >= 0.6 is 11.8 Å². The Balaban J connectivity index is 1.46. The number of anilines is 1. The van der Waals surface area contributed by atoms with Gasteiger partial charge in [0.15, 0.2) is 5.16 Å². The molecule has 0 unspecified atom stereocenters. The minimum atomic E-state index is -0.239. The first kappa shape index (κ1) is 17.2. The Bertz CT molecular complexity index is 1070. The van der Waals surface area contributed by atoms with Gasteiger partial charge in [-0.05, 0) is 68.1 Å². The third-order valence-electron chi connectivity index (χ3n) is 3.88. The maximum Gasteiger partial charge on any atom is 0.275 e. The molecule has 4 rings (SSSR count). The van der Waals surface area contributed by atoms with Crippen LogP contribution in [0.4, 0.5) is 5.69 Å². The molecule has 134 valence electrons. The summed E-state index contributed by atoms with van der Waals surface area (Å²) < 4.78 is 1.82. The number of carbonyl (C=O) groups excluding carboxylic acids is 1. The van der Waals surface area contributed by atoms with Crippen LogP contribution in [0.25, 0.3) is 5.65 Å². The van der Waals surface area contributed by atoms with Crippen LogP contribution in [0.2, 0.25) is 0 Å². The molecule has 0 aliphatic heterocycles. The van der Waals surface area contributed by atoms with Crippen LogP contribution in [0.3, 0.4) is 0 Å². The van der Waals surface area contributed by atoms with Crippen LogP contribution in [0.5, 0.6) is 0 Å². The number of nitrogens with one attached hydrogen (secondary N) is 1. The number of aromatic nitrogens is 4. The Morgan fingerprint density at radius 2 is 1.74 bits per heavy atom. The van der Waals surface area contributed by atoms with E-state index in [0.717, 1.165) is 21.9 Å². The van der Waals surface area contributed by atoms with E-state index in [4.69, 9.17) is 0 Å². The highest BCUT2D eigenvalue weighted by Gasteiger charge is 2.11. The van der Waals surface area contributed by atoms with Gasteiger partial charge in [-0.25, -0.2) is 15.0 Å². The third kappa shape index (κ3) is 3.98. The second-order valence-corrected chi connectivity index (χ2v) is 7.15. The number of rotatable bonds is 4. The number of imidazole rings is 1. The first-order chi connectivity index (χ1) is 13.1. The average Bonchev–Trinajstić information content (AvgIpc) is 3.07. The number of benzene rings is 1. The van der Waals surface area contributed by atoms with Gasteiger partial charge in [-0.15, -0.1) is 0 Å². The molecule has 6 nitrogen and oxygen atoms in total. The van der Waals surface area contributed by atoms with Crippen molar-refractivity contribution in [2.24, 2.45) is 0 Å². The van der Waals surface area contributed by atoms with Gasteiger partial charge in [0, 0.05) is 34.4 Å². The number of nitrogens with zero attached hydrogens (tertiary/aromatic N) is 4. The van der Waals surface area contributed by atoms with E-state index in [1.165, 1.54) is 11.8 Å². The molecule has 0 atom stereocenters. The molecule has 4 aromatic rings. The Hall–Kier alpha value is -3.19. The second kappa shape index (κ2) is 7.20. The van der Waals surface area contributed by atoms with Crippen molar-refractivity contribution in [3.05, 3.63) is 78.0 Å². The highest BCUT2D eigenvalue weighted by atomic mass is 32.2. The van der Waals surface area contributed by atoms with Crippen molar-refractivity contribution in [3.8, 4) is 0 Å². The molecule has 1 N–H and O–H groups in total. The molecule has 3 aromatic heterocycles. The molecule has 0 radical (unpaired) electrons. The van der Waals surface area contributed by atoms with Crippen molar-refractivity contribution in [2.75, 3.05) is 5.32 Å². The van der Waals surface area contributed by atoms with E-state index in [-0.39, 0.29) is 5.91 Å². The summed E-state index contributed by atoms with van der Waals surface area (Å²) in [4.78, 5) is 26.6. The van der Waals surface area contributed by atoms with Crippen molar-refractivity contribution < 1.29 is 4.79 Å². The zero-order valence-corrected chi connectivity index (χ0v) is 15.7. The van der Waals surface area contributed by atoms with Crippen LogP contribution in [0.1, 0.15) is 21.9 Å². The van der Waals surface area contributed by atoms with Crippen molar-refractivity contribution in [3.63, 3.8) is 0 Å². The maximum absolute atomic E-state index is 12.4. The van der Waals surface area contributed by atoms with E-state index in [1.54, 1.807) is 6.20 Å². The summed E-state index contributed by atoms with van der Waals surface area (Å²) in [6.45, 7) is 3.91. The molecule has 0 aliphatic carbocycles. The van der Waals surface area contributed by atoms with Gasteiger partial charge < -0.3 is 9.72 Å². The quantitative estimate of drug-likeness (QED) is 0.543. The molecule has 3 heterocycles. The molecule has 27 heavy (non-hydrogen) atoms. The molecule has 0 aliphatic rings. The number of carbonyl (C=O) groups is 1. The van der Waals surface area contributed by atoms with Crippen molar-refractivity contribution >= 4 is 29.0 Å². The molecular formula is C20H17N5OS. The van der Waals surface area contributed by atoms with Crippen molar-refractivity contribution in [1.29, 1.82) is 0 Å². The highest BCUT2D eigenvalue weighted by molar-refractivity contribution is 7.99. The number of hydrogen-bond donors (Lipinski definition) is 1. The van der Waals surface area contributed by atoms with Gasteiger partial charge in [0.25, 0.3) is 5.91 Å². The lowest BCUT2D eigenvalue weighted by Crippen LogP contribution is -2.12. The van der Waals surface area contributed by atoms with Crippen LogP contribution < -0.4 is 5.32 Å². The van der Waals surface area contributed by atoms with Crippen LogP contribution in [-0.4, -0.2) is 25.3 Å². The lowest BCUT2D eigenvalue weighted by Gasteiger charge is -2.06. The summed E-state index contributed by atoms with van der Waals surface area (Å²) in [6, 6.07) is 15.2. The predicted octanol–water partition coefficient (Wildman–Crippen LogP) is 4.14. The standard InChI is InChI=1S/C20H17N5OS/c1-13-11-14(2)22-20(21-13)27-16-8-6-15(7-9-16)23-19(26)17-12-25-10-4-3-5-18(25)24-17/h3-12H,1-2H3,(H,23,26). The van der Waals surface area contributed by atoms with E-state index >= 15 is 0 Å². The Labute approximate surface area is 160 Å². The topological polar surface area (TPSA) is 72.2 Å². The maximum atomic E-state index is 12.4. The summed E-state index contributed by atoms with van der Waals surface area (Å²) in [7, 11) is 0. The van der Waals surface area contributed by atoms with Crippen LogP contribution in [-0.2, 0) is 0 Å². The summed E-state index contributed by atoms with van der Waals surface area (Å²) in [6.07, 6.45) is 3.58. The van der Waals surface area contributed by atoms with Crippen molar-refractivity contribution in [1.82, 2.24) is 19.4 Å². The smallest absolute Gasteiger partial charge is 0.275 e. The number of fused-ring (bicyclic) bond motifs is 1. The predicted molar refractivity (Wildman–Crippen MR) is 105 cm³/mol. The zero-order valence-electron chi connectivity index (χ0n) is 14.9. The van der Waals surface area contributed by atoms with Gasteiger partial charge in [-0.2, -0.15) is 0 Å². The Kier molecular flexibility index (Phi) is 4.60. The van der Waals surface area contributed by atoms with Crippen LogP contribution in [0, 0.1) is 13.8 Å². The fraction of sp³-hybridized carbons (Fsp3) is 0.100. The van der Waals surface area contributed by atoms with E-state index < -0.39 is 0 Å². The molecule has 7 heteroatoms. The fourth-order valence-corrected chi connectivity index (χ4v) is 3.55. The molecular weight excluding hydrogens is 358 g/mol. The van der Waals surface area contributed by atoms with Gasteiger partial charge >= 0.3 is 0 Å². The zero-order chi connectivity index (χ0) is 18.8. The van der Waals surface area contributed by atoms with Gasteiger partial charge in [0.1, 0.15) is 11.3 Å². The highest BCUT2D eigenvalue weighted by Crippen LogP contribution is 2.26. The van der Waals surface area contributed by atoms with Gasteiger partial charge in [0.2, 0.25) is 0 Å². The monoisotopic (exact) mass is 375 g/mol. The molecule has 0 spiro atoms. The molecule has 0 saturated carbocycles. The second-order valence-electron chi connectivity index (χ2n) is 6.11. The van der Waals surface area contributed by atoms with Gasteiger partial charge in [0.05, 0.1) is 0 Å². The largest absolute Gasteiger partial charge is 0.321 e. The average molecular weight is 375 g/mol. The minimum absolute atomic E-state index is 0.239. The van der Waals surface area contributed by atoms with E-state index in [2.05, 4.69) is 20.3 Å². The Morgan fingerprint density at radius 3 is 2.44 bits per heavy atom. The fourth-order valence-electron chi connectivity index (χ4n) is 2.69. The number of amides is 1. The molecule has 1 amide bonds. The summed E-state index contributed by atoms with van der Waals surface area (Å²) >= 11 is 1.49. The third-order valence-corrected chi connectivity index (χ3v) is 4.75. The summed E-state index contributed by atoms with van der Waals surface area (Å²) in [5, 5.41) is 3.59. The van der Waals surface area contributed by atoms with E-state index in [9.17, 15) is 4.79 Å². The minimum Gasteiger partial charge on any atom is -0.321 e. The normalized spacial score (nSPS) is 10.9. The molecule has 0 saturated heterocycles. The first-order valence-corrected chi connectivity index (χ1v) is 9.24. The number of pyridine rings is 1. The van der Waals surface area contributed by atoms with E-state index in [0.29, 0.717) is 16.5 Å². The first-order valence-electron chi connectivity index (χ1n) is 8.42. The molecule has 0 fully saturated rings. The van der Waals surface area contributed by atoms with Crippen LogP contribution in [0.15, 0.2) is 71.0 Å². The van der Waals surface area contributed by atoms with E-state index in [1.807, 2.05) is 73.0 Å². The summed E-state index contributed by atoms with van der Waals surface area (Å²) in [5.74, 6) is -0.239.